The normalized spacial score (nSPS) is 11.0. The lowest BCUT2D eigenvalue weighted by Gasteiger charge is -2.08. The van der Waals surface area contributed by atoms with Crippen LogP contribution in [-0.2, 0) is 6.61 Å². The third-order valence-corrected chi connectivity index (χ3v) is 4.98. The molecule has 0 saturated heterocycles. The lowest BCUT2D eigenvalue weighted by atomic mass is 10.1. The average molecular weight is 421 g/mol. The summed E-state index contributed by atoms with van der Waals surface area (Å²) in [5, 5.41) is 6.88. The van der Waals surface area contributed by atoms with Gasteiger partial charge in [0.1, 0.15) is 6.61 Å². The third kappa shape index (κ3) is 4.87. The quantitative estimate of drug-likeness (QED) is 0.289. The molecule has 1 heterocycles. The Labute approximate surface area is 176 Å². The van der Waals surface area contributed by atoms with Crippen molar-refractivity contribution in [1.29, 1.82) is 0 Å². The zero-order valence-corrected chi connectivity index (χ0v) is 16.6. The molecule has 0 fully saturated rings. The van der Waals surface area contributed by atoms with Crippen LogP contribution >= 0.6 is 11.3 Å². The van der Waals surface area contributed by atoms with Gasteiger partial charge >= 0.3 is 0 Å². The van der Waals surface area contributed by atoms with Crippen molar-refractivity contribution in [2.45, 2.75) is 6.61 Å². The van der Waals surface area contributed by atoms with Gasteiger partial charge in [0.05, 0.1) is 11.9 Å². The standard InChI is InChI=1S/C23H17F2N3OS/c24-19-7-4-8-20(25)22(19)29-14-17-11-9-16(10-12-17)13-26-28-23-27-21(15-30-23)18-5-2-1-3-6-18/h1-13,15H,14H2,(H,27,28). The highest BCUT2D eigenvalue weighted by Crippen LogP contribution is 2.24. The first-order chi connectivity index (χ1) is 14.7. The van der Waals surface area contributed by atoms with Crippen molar-refractivity contribution in [3.8, 4) is 17.0 Å². The van der Waals surface area contributed by atoms with E-state index in [1.807, 2.05) is 60.0 Å². The number of benzene rings is 3. The Morgan fingerprint density at radius 3 is 2.40 bits per heavy atom. The van der Waals surface area contributed by atoms with E-state index >= 15 is 0 Å². The van der Waals surface area contributed by atoms with Gasteiger partial charge < -0.3 is 4.74 Å². The molecule has 0 aliphatic rings. The molecule has 0 saturated carbocycles. The second-order valence-electron chi connectivity index (χ2n) is 6.35. The molecule has 0 aliphatic carbocycles. The number of hydrogen-bond acceptors (Lipinski definition) is 5. The van der Waals surface area contributed by atoms with Crippen molar-refractivity contribution in [2.75, 3.05) is 5.43 Å². The second-order valence-corrected chi connectivity index (χ2v) is 7.21. The Morgan fingerprint density at radius 1 is 0.933 bits per heavy atom. The summed E-state index contributed by atoms with van der Waals surface area (Å²) in [5.41, 5.74) is 6.53. The number of thiazole rings is 1. The molecule has 150 valence electrons. The van der Waals surface area contributed by atoms with Crippen LogP contribution in [0.2, 0.25) is 0 Å². The van der Waals surface area contributed by atoms with Crippen LogP contribution in [0.25, 0.3) is 11.3 Å². The van der Waals surface area contributed by atoms with Gasteiger partial charge in [-0.3, -0.25) is 5.43 Å². The Hall–Kier alpha value is -3.58. The van der Waals surface area contributed by atoms with E-state index < -0.39 is 11.6 Å². The first-order valence-electron chi connectivity index (χ1n) is 9.15. The summed E-state index contributed by atoms with van der Waals surface area (Å²) in [5.74, 6) is -1.81. The molecule has 0 bridgehead atoms. The number of halogens is 2. The van der Waals surface area contributed by atoms with Crippen LogP contribution in [0.3, 0.4) is 0 Å². The van der Waals surface area contributed by atoms with Gasteiger partial charge in [0.15, 0.2) is 17.4 Å². The summed E-state index contributed by atoms with van der Waals surface area (Å²) in [6.07, 6.45) is 1.67. The minimum atomic E-state index is -0.720. The van der Waals surface area contributed by atoms with Crippen LogP contribution in [-0.4, -0.2) is 11.2 Å². The molecule has 4 aromatic rings. The van der Waals surface area contributed by atoms with Crippen LogP contribution in [0.5, 0.6) is 5.75 Å². The maximum Gasteiger partial charge on any atom is 0.203 e. The van der Waals surface area contributed by atoms with Gasteiger partial charge in [-0.25, -0.2) is 13.8 Å². The molecule has 0 radical (unpaired) electrons. The van der Waals surface area contributed by atoms with E-state index in [0.29, 0.717) is 5.13 Å². The molecule has 0 unspecified atom stereocenters. The van der Waals surface area contributed by atoms with Crippen molar-refractivity contribution in [1.82, 2.24) is 4.98 Å². The Bertz CT molecular complexity index is 1120. The third-order valence-electron chi connectivity index (χ3n) is 4.23. The number of ether oxygens (including phenoxy) is 1. The molecular weight excluding hydrogens is 404 g/mol. The second kappa shape index (κ2) is 9.28. The number of para-hydroxylation sites is 1. The van der Waals surface area contributed by atoms with Crippen molar-refractivity contribution in [3.63, 3.8) is 0 Å². The summed E-state index contributed by atoms with van der Waals surface area (Å²) in [6, 6.07) is 20.9. The molecule has 0 spiro atoms. The van der Waals surface area contributed by atoms with Crippen LogP contribution in [0.1, 0.15) is 11.1 Å². The molecular formula is C23H17F2N3OS. The van der Waals surface area contributed by atoms with Crippen molar-refractivity contribution in [2.24, 2.45) is 5.10 Å². The van der Waals surface area contributed by atoms with Gasteiger partial charge in [-0.1, -0.05) is 60.7 Å². The minimum absolute atomic E-state index is 0.0644. The van der Waals surface area contributed by atoms with Crippen molar-refractivity contribution < 1.29 is 13.5 Å². The van der Waals surface area contributed by atoms with Crippen molar-refractivity contribution >= 4 is 22.7 Å². The smallest absolute Gasteiger partial charge is 0.203 e. The lowest BCUT2D eigenvalue weighted by molar-refractivity contribution is 0.274. The van der Waals surface area contributed by atoms with Crippen molar-refractivity contribution in [3.05, 3.63) is 101 Å². The molecule has 0 aliphatic heterocycles. The topological polar surface area (TPSA) is 46.5 Å². The highest BCUT2D eigenvalue weighted by Gasteiger charge is 2.09. The fourth-order valence-corrected chi connectivity index (χ4v) is 3.37. The maximum atomic E-state index is 13.6. The van der Waals surface area contributed by atoms with E-state index in [-0.39, 0.29) is 12.4 Å². The Kier molecular flexibility index (Phi) is 6.10. The van der Waals surface area contributed by atoms with Gasteiger partial charge in [0.2, 0.25) is 5.13 Å². The summed E-state index contributed by atoms with van der Waals surface area (Å²) in [6.45, 7) is 0.0644. The van der Waals surface area contributed by atoms with E-state index in [9.17, 15) is 8.78 Å². The predicted molar refractivity (Wildman–Crippen MR) is 116 cm³/mol. The molecule has 4 nitrogen and oxygen atoms in total. The molecule has 4 rings (SSSR count). The van der Waals surface area contributed by atoms with Gasteiger partial charge in [-0.15, -0.1) is 11.3 Å². The summed E-state index contributed by atoms with van der Waals surface area (Å²) < 4.78 is 32.5. The van der Waals surface area contributed by atoms with Gasteiger partial charge in [-0.05, 0) is 23.3 Å². The predicted octanol–water partition coefficient (Wildman–Crippen LogP) is 6.11. The molecule has 0 atom stereocenters. The Balaban J connectivity index is 1.32. The van der Waals surface area contributed by atoms with Crippen LogP contribution < -0.4 is 10.2 Å². The lowest BCUT2D eigenvalue weighted by Crippen LogP contribution is -2.00. The average Bonchev–Trinajstić information content (AvgIpc) is 3.24. The Morgan fingerprint density at radius 2 is 1.67 bits per heavy atom. The van der Waals surface area contributed by atoms with Gasteiger partial charge in [-0.2, -0.15) is 5.10 Å². The number of nitrogens with one attached hydrogen (secondary N) is 1. The van der Waals surface area contributed by atoms with E-state index in [1.54, 1.807) is 6.21 Å². The van der Waals surface area contributed by atoms with Crippen LogP contribution in [0, 0.1) is 11.6 Å². The zero-order chi connectivity index (χ0) is 20.8. The number of hydrogen-bond donors (Lipinski definition) is 1. The van der Waals surface area contributed by atoms with Gasteiger partial charge in [0, 0.05) is 10.9 Å². The highest BCUT2D eigenvalue weighted by atomic mass is 32.1. The first-order valence-corrected chi connectivity index (χ1v) is 10.0. The molecule has 7 heteroatoms. The molecule has 1 N–H and O–H groups in total. The fraction of sp³-hybridized carbons (Fsp3) is 0.0435. The number of hydrazone groups is 1. The summed E-state index contributed by atoms with van der Waals surface area (Å²) in [4.78, 5) is 4.51. The first kappa shape index (κ1) is 19.7. The summed E-state index contributed by atoms with van der Waals surface area (Å²) >= 11 is 1.47. The van der Waals surface area contributed by atoms with E-state index in [1.165, 1.54) is 17.4 Å². The zero-order valence-electron chi connectivity index (χ0n) is 15.8. The SMILES string of the molecule is Fc1cccc(F)c1OCc1ccc(C=NNc2nc(-c3ccccc3)cs2)cc1. The summed E-state index contributed by atoms with van der Waals surface area (Å²) in [7, 11) is 0. The van der Waals surface area contributed by atoms with E-state index in [2.05, 4.69) is 15.5 Å². The van der Waals surface area contributed by atoms with Gasteiger partial charge in [0.25, 0.3) is 0 Å². The minimum Gasteiger partial charge on any atom is -0.483 e. The van der Waals surface area contributed by atoms with E-state index in [4.69, 9.17) is 4.74 Å². The van der Waals surface area contributed by atoms with Crippen LogP contribution in [0.15, 0.2) is 83.3 Å². The number of anilines is 1. The number of rotatable bonds is 7. The fourth-order valence-electron chi connectivity index (χ4n) is 2.70. The van der Waals surface area contributed by atoms with E-state index in [0.717, 1.165) is 34.5 Å². The maximum absolute atomic E-state index is 13.6. The number of nitrogens with zero attached hydrogens (tertiary/aromatic N) is 2. The monoisotopic (exact) mass is 421 g/mol. The molecule has 3 aromatic carbocycles. The highest BCUT2D eigenvalue weighted by molar-refractivity contribution is 7.14. The molecule has 0 amide bonds. The van der Waals surface area contributed by atoms with Crippen LogP contribution in [0.4, 0.5) is 13.9 Å². The number of aromatic nitrogens is 1. The molecule has 1 aromatic heterocycles. The molecule has 30 heavy (non-hydrogen) atoms. The largest absolute Gasteiger partial charge is 0.483 e.